The van der Waals surface area contributed by atoms with E-state index in [0.29, 0.717) is 23.5 Å². The average Bonchev–Trinajstić information content (AvgIpc) is 2.76. The van der Waals surface area contributed by atoms with Crippen LogP contribution in [0.5, 0.6) is 5.75 Å². The number of benzene rings is 2. The van der Waals surface area contributed by atoms with Crippen molar-refractivity contribution in [2.45, 2.75) is 20.3 Å². The van der Waals surface area contributed by atoms with Gasteiger partial charge in [0.2, 0.25) is 0 Å². The van der Waals surface area contributed by atoms with Gasteiger partial charge in [-0.25, -0.2) is 4.79 Å². The summed E-state index contributed by atoms with van der Waals surface area (Å²) in [7, 11) is 0. The summed E-state index contributed by atoms with van der Waals surface area (Å²) in [5.41, 5.74) is 6.70. The van der Waals surface area contributed by atoms with E-state index >= 15 is 0 Å². The minimum absolute atomic E-state index is 0.0520. The first-order valence-corrected chi connectivity index (χ1v) is 10.8. The number of carbonyl (C=O) groups excluding carboxylic acids is 3. The highest BCUT2D eigenvalue weighted by Crippen LogP contribution is 2.14. The predicted molar refractivity (Wildman–Crippen MR) is 128 cm³/mol. The van der Waals surface area contributed by atoms with Crippen LogP contribution in [0, 0.1) is 10.5 Å². The van der Waals surface area contributed by atoms with Crippen LogP contribution in [0.3, 0.4) is 0 Å². The van der Waals surface area contributed by atoms with E-state index < -0.39 is 17.8 Å². The van der Waals surface area contributed by atoms with Crippen molar-refractivity contribution >= 4 is 57.7 Å². The van der Waals surface area contributed by atoms with Gasteiger partial charge >= 0.3 is 5.97 Å². The first-order chi connectivity index (χ1) is 14.8. The molecule has 0 unspecified atom stereocenters. The lowest BCUT2D eigenvalue weighted by atomic mass is 10.1. The number of ether oxygens (including phenoxy) is 2. The molecular formula is C21H22IN3O5S. The molecule has 0 fully saturated rings. The minimum atomic E-state index is -0.507. The number of carbonyl (C=O) groups is 3. The Bertz CT molecular complexity index is 966. The van der Waals surface area contributed by atoms with Crippen molar-refractivity contribution in [3.63, 3.8) is 0 Å². The zero-order chi connectivity index (χ0) is 22.8. The molecule has 2 amide bonds. The maximum Gasteiger partial charge on any atom is 0.338 e. The first kappa shape index (κ1) is 24.5. The second kappa shape index (κ2) is 12.2. The normalized spacial score (nSPS) is 10.0. The monoisotopic (exact) mass is 555 g/mol. The van der Waals surface area contributed by atoms with E-state index in [1.165, 1.54) is 0 Å². The molecule has 0 saturated heterocycles. The molecule has 0 bridgehead atoms. The van der Waals surface area contributed by atoms with Crippen LogP contribution in [0.2, 0.25) is 0 Å². The van der Waals surface area contributed by atoms with E-state index in [2.05, 4.69) is 38.8 Å². The van der Waals surface area contributed by atoms with Crippen LogP contribution < -0.4 is 20.9 Å². The van der Waals surface area contributed by atoms with E-state index in [9.17, 15) is 14.4 Å². The highest BCUT2D eigenvalue weighted by molar-refractivity contribution is 14.1. The fraction of sp³-hybridized carbons (Fsp3) is 0.238. The Morgan fingerprint density at radius 1 is 1.03 bits per heavy atom. The van der Waals surface area contributed by atoms with Crippen LogP contribution in [0.4, 0.5) is 0 Å². The molecule has 0 spiro atoms. The van der Waals surface area contributed by atoms with Crippen molar-refractivity contribution in [3.8, 4) is 5.75 Å². The van der Waals surface area contributed by atoms with Crippen molar-refractivity contribution in [2.75, 3.05) is 13.2 Å². The second-order valence-electron chi connectivity index (χ2n) is 6.37. The highest BCUT2D eigenvalue weighted by atomic mass is 127. The summed E-state index contributed by atoms with van der Waals surface area (Å²) >= 11 is 7.15. The molecule has 0 radical (unpaired) electrons. The first-order valence-electron chi connectivity index (χ1n) is 9.36. The summed E-state index contributed by atoms with van der Waals surface area (Å²) in [5.74, 6) is -0.898. The average molecular weight is 555 g/mol. The van der Waals surface area contributed by atoms with Gasteiger partial charge in [-0.3, -0.25) is 25.8 Å². The van der Waals surface area contributed by atoms with Gasteiger partial charge in [0.1, 0.15) is 5.75 Å². The van der Waals surface area contributed by atoms with Gasteiger partial charge in [-0.15, -0.1) is 0 Å². The van der Waals surface area contributed by atoms with E-state index in [0.717, 1.165) is 15.6 Å². The fourth-order valence-corrected chi connectivity index (χ4v) is 2.88. The SMILES string of the molecule is CCCOC(=O)c1ccc(OCC(=O)NNC(=S)NC(=O)c2ccc(C)c(I)c2)cc1. The third-order valence-corrected chi connectivity index (χ3v) is 5.24. The van der Waals surface area contributed by atoms with Gasteiger partial charge in [0.25, 0.3) is 11.8 Å². The smallest absolute Gasteiger partial charge is 0.338 e. The summed E-state index contributed by atoms with van der Waals surface area (Å²) in [6, 6.07) is 11.5. The molecule has 0 aliphatic carbocycles. The van der Waals surface area contributed by atoms with Gasteiger partial charge in [0, 0.05) is 9.13 Å². The molecule has 0 saturated carbocycles. The Morgan fingerprint density at radius 3 is 2.35 bits per heavy atom. The predicted octanol–water partition coefficient (Wildman–Crippen LogP) is 2.88. The Balaban J connectivity index is 1.73. The van der Waals surface area contributed by atoms with Gasteiger partial charge in [0.05, 0.1) is 12.2 Å². The van der Waals surface area contributed by atoms with Crippen molar-refractivity contribution in [3.05, 3.63) is 62.7 Å². The Hall–Kier alpha value is -2.73. The number of hydrazine groups is 1. The van der Waals surface area contributed by atoms with Crippen molar-refractivity contribution in [1.29, 1.82) is 0 Å². The van der Waals surface area contributed by atoms with Crippen LogP contribution in [-0.4, -0.2) is 36.1 Å². The van der Waals surface area contributed by atoms with Gasteiger partial charge in [0.15, 0.2) is 11.7 Å². The molecule has 2 aromatic rings. The molecule has 0 aliphatic rings. The van der Waals surface area contributed by atoms with E-state index in [1.807, 2.05) is 19.9 Å². The molecular weight excluding hydrogens is 533 g/mol. The lowest BCUT2D eigenvalue weighted by Crippen LogP contribution is -2.49. The number of aryl methyl sites for hydroxylation is 1. The van der Waals surface area contributed by atoms with Gasteiger partial charge in [-0.2, -0.15) is 0 Å². The highest BCUT2D eigenvalue weighted by Gasteiger charge is 2.11. The topological polar surface area (TPSA) is 106 Å². The lowest BCUT2D eigenvalue weighted by molar-refractivity contribution is -0.123. The third-order valence-electron chi connectivity index (χ3n) is 3.87. The van der Waals surface area contributed by atoms with E-state index in [1.54, 1.807) is 36.4 Å². The molecule has 0 heterocycles. The molecule has 2 aromatic carbocycles. The van der Waals surface area contributed by atoms with Crippen LogP contribution in [0.15, 0.2) is 42.5 Å². The molecule has 8 nitrogen and oxygen atoms in total. The van der Waals surface area contributed by atoms with Crippen molar-refractivity contribution < 1.29 is 23.9 Å². The number of hydrogen-bond acceptors (Lipinski definition) is 6. The summed E-state index contributed by atoms with van der Waals surface area (Å²) in [6.07, 6.45) is 0.745. The van der Waals surface area contributed by atoms with E-state index in [4.69, 9.17) is 21.7 Å². The molecule has 2 rings (SSSR count). The molecule has 0 atom stereocenters. The fourth-order valence-electron chi connectivity index (χ4n) is 2.22. The minimum Gasteiger partial charge on any atom is -0.484 e. The Morgan fingerprint density at radius 2 is 1.71 bits per heavy atom. The zero-order valence-corrected chi connectivity index (χ0v) is 20.0. The standard InChI is InChI=1S/C21H22IN3O5S/c1-3-10-29-20(28)14-6-8-16(9-7-14)30-12-18(26)24-25-21(31)23-19(27)15-5-4-13(2)17(22)11-15/h4-9,11H,3,10,12H2,1-2H3,(H,24,26)(H2,23,25,27,31). The Kier molecular flexibility index (Phi) is 9.66. The van der Waals surface area contributed by atoms with Crippen molar-refractivity contribution in [1.82, 2.24) is 16.2 Å². The maximum atomic E-state index is 12.2. The molecule has 0 aliphatic heterocycles. The number of nitrogens with one attached hydrogen (secondary N) is 3. The summed E-state index contributed by atoms with van der Waals surface area (Å²) in [6.45, 7) is 3.93. The maximum absolute atomic E-state index is 12.2. The Labute approximate surface area is 199 Å². The molecule has 164 valence electrons. The lowest BCUT2D eigenvalue weighted by Gasteiger charge is -2.12. The van der Waals surface area contributed by atoms with Crippen LogP contribution in [0.25, 0.3) is 0 Å². The van der Waals surface area contributed by atoms with Gasteiger partial charge < -0.3 is 9.47 Å². The van der Waals surface area contributed by atoms with Crippen LogP contribution in [0.1, 0.15) is 39.6 Å². The van der Waals surface area contributed by atoms with Gasteiger partial charge in [-0.1, -0.05) is 13.0 Å². The third kappa shape index (κ3) is 8.13. The molecule has 10 heteroatoms. The molecule has 0 aromatic heterocycles. The van der Waals surface area contributed by atoms with Crippen LogP contribution in [-0.2, 0) is 9.53 Å². The van der Waals surface area contributed by atoms with Gasteiger partial charge in [-0.05, 0) is 90.1 Å². The number of halogens is 1. The molecule has 31 heavy (non-hydrogen) atoms. The number of amides is 2. The summed E-state index contributed by atoms with van der Waals surface area (Å²) in [5, 5.41) is 2.43. The summed E-state index contributed by atoms with van der Waals surface area (Å²) in [4.78, 5) is 35.9. The number of esters is 1. The van der Waals surface area contributed by atoms with Crippen LogP contribution >= 0.6 is 34.8 Å². The molecule has 3 N–H and O–H groups in total. The largest absolute Gasteiger partial charge is 0.484 e. The summed E-state index contributed by atoms with van der Waals surface area (Å²) < 4.78 is 11.4. The quantitative estimate of drug-likeness (QED) is 0.209. The number of rotatable bonds is 7. The number of hydrogen-bond donors (Lipinski definition) is 3. The number of thiocarbonyl (C=S) groups is 1. The second-order valence-corrected chi connectivity index (χ2v) is 7.94. The zero-order valence-electron chi connectivity index (χ0n) is 17.0. The van der Waals surface area contributed by atoms with E-state index in [-0.39, 0.29) is 11.7 Å². The van der Waals surface area contributed by atoms with Crippen molar-refractivity contribution in [2.24, 2.45) is 0 Å².